The topological polar surface area (TPSA) is 57.1 Å². The number of fused-ring (bicyclic) bond motifs is 3. The molecule has 5 nitrogen and oxygen atoms in total. The number of para-hydroxylation sites is 1. The van der Waals surface area contributed by atoms with Crippen molar-refractivity contribution in [1.29, 1.82) is 0 Å². The van der Waals surface area contributed by atoms with E-state index in [1.165, 1.54) is 0 Å². The van der Waals surface area contributed by atoms with Gasteiger partial charge in [0.05, 0.1) is 5.36 Å². The number of nitrogens with one attached hydrogen (secondary N) is 1. The zero-order chi connectivity index (χ0) is 16.6. The smallest absolute Gasteiger partial charge is 0.276 e. The number of rotatable bonds is 3. The molecule has 0 radical (unpaired) electrons. The van der Waals surface area contributed by atoms with Crippen LogP contribution in [-0.4, -0.2) is 27.5 Å². The maximum Gasteiger partial charge on any atom is 0.276 e. The number of unbranched alkanes of at least 4 members (excludes halogenated alkanes) is 1. The normalized spacial score (nSPS) is 21.0. The highest BCUT2D eigenvalue weighted by molar-refractivity contribution is 8.13. The highest BCUT2D eigenvalue weighted by Gasteiger charge is 2.46. The Balaban J connectivity index is 1.83. The van der Waals surface area contributed by atoms with Crippen molar-refractivity contribution in [2.45, 2.75) is 51.1 Å². The van der Waals surface area contributed by atoms with Crippen LogP contribution in [0.2, 0.25) is 0 Å². The van der Waals surface area contributed by atoms with Crippen molar-refractivity contribution in [2.24, 2.45) is 10.1 Å². The molecule has 1 saturated carbocycles. The van der Waals surface area contributed by atoms with Crippen LogP contribution in [-0.2, 0) is 4.79 Å². The Hall–Kier alpha value is -1.82. The van der Waals surface area contributed by atoms with Gasteiger partial charge in [0.25, 0.3) is 5.91 Å². The van der Waals surface area contributed by atoms with Crippen LogP contribution in [0.5, 0.6) is 0 Å². The van der Waals surface area contributed by atoms with E-state index in [0.29, 0.717) is 10.9 Å². The zero-order valence-electron chi connectivity index (χ0n) is 13.9. The molecule has 0 bridgehead atoms. The summed E-state index contributed by atoms with van der Waals surface area (Å²) in [6.45, 7) is 2.17. The van der Waals surface area contributed by atoms with Crippen LogP contribution in [0.15, 0.2) is 34.4 Å². The van der Waals surface area contributed by atoms with Gasteiger partial charge in [0.2, 0.25) is 0 Å². The SMILES string of the molecule is CCCCSC1=NN2C(=c3ccccc3=NC23CCCC3)C(=O)N1. The lowest BCUT2D eigenvalue weighted by atomic mass is 10.0. The zero-order valence-corrected chi connectivity index (χ0v) is 14.7. The van der Waals surface area contributed by atoms with Crippen molar-refractivity contribution >= 4 is 28.5 Å². The maximum absolute atomic E-state index is 12.8. The fraction of sp³-hybridized carbons (Fsp3) is 0.500. The summed E-state index contributed by atoms with van der Waals surface area (Å²) in [7, 11) is 0. The molecule has 0 unspecified atom stereocenters. The van der Waals surface area contributed by atoms with E-state index in [0.717, 1.165) is 54.9 Å². The molecule has 0 atom stereocenters. The Morgan fingerprint density at radius 1 is 1.29 bits per heavy atom. The molecule has 0 saturated heterocycles. The molecule has 6 heteroatoms. The van der Waals surface area contributed by atoms with Crippen molar-refractivity contribution in [1.82, 2.24) is 10.3 Å². The highest BCUT2D eigenvalue weighted by atomic mass is 32.2. The molecule has 1 amide bonds. The number of carbonyl (C=O) groups excluding carboxylic acids is 1. The van der Waals surface area contributed by atoms with Gasteiger partial charge < -0.3 is 0 Å². The van der Waals surface area contributed by atoms with E-state index in [4.69, 9.17) is 10.1 Å². The fourth-order valence-corrected chi connectivity index (χ4v) is 4.57. The lowest BCUT2D eigenvalue weighted by Gasteiger charge is -2.41. The number of amidine groups is 1. The quantitative estimate of drug-likeness (QED) is 0.854. The lowest BCUT2D eigenvalue weighted by Crippen LogP contribution is -2.57. The molecule has 1 fully saturated rings. The molecule has 2 heterocycles. The van der Waals surface area contributed by atoms with Gasteiger partial charge in [-0.1, -0.05) is 43.3 Å². The van der Waals surface area contributed by atoms with E-state index in [-0.39, 0.29) is 11.6 Å². The van der Waals surface area contributed by atoms with E-state index in [1.54, 1.807) is 11.8 Å². The van der Waals surface area contributed by atoms with Crippen LogP contribution in [0, 0.1) is 0 Å². The minimum absolute atomic E-state index is 0.0578. The number of hydrogen-bond donors (Lipinski definition) is 1. The number of carbonyl (C=O) groups is 1. The predicted octanol–water partition coefficient (Wildman–Crippen LogP) is 1.93. The average molecular weight is 342 g/mol. The van der Waals surface area contributed by atoms with E-state index in [2.05, 4.69) is 12.2 Å². The van der Waals surface area contributed by atoms with E-state index < -0.39 is 0 Å². The molecular weight excluding hydrogens is 320 g/mol. The molecule has 24 heavy (non-hydrogen) atoms. The Labute approximate surface area is 145 Å². The molecular formula is C18H22N4OS. The number of hydrazone groups is 1. The summed E-state index contributed by atoms with van der Waals surface area (Å²) in [5.41, 5.74) is 0.278. The monoisotopic (exact) mass is 342 g/mol. The van der Waals surface area contributed by atoms with Gasteiger partial charge in [-0.25, -0.2) is 5.01 Å². The Bertz CT molecular complexity index is 811. The molecule has 4 rings (SSSR count). The molecule has 1 N–H and O–H groups in total. The maximum atomic E-state index is 12.8. The second kappa shape index (κ2) is 6.24. The van der Waals surface area contributed by atoms with Crippen molar-refractivity contribution in [3.63, 3.8) is 0 Å². The van der Waals surface area contributed by atoms with Gasteiger partial charge in [0.15, 0.2) is 10.8 Å². The number of nitrogens with zero attached hydrogens (tertiary/aromatic N) is 3. The van der Waals surface area contributed by atoms with E-state index >= 15 is 0 Å². The summed E-state index contributed by atoms with van der Waals surface area (Å²) in [5, 5.41) is 12.2. The standard InChI is InChI=1S/C18H22N4OS/c1-2-3-12-24-17-19-16(23)15-13-8-4-5-9-14(13)20-18(22(15)21-17)10-6-7-11-18/h4-5,8-9H,2-3,6-7,10-12H2,1H3,(H,19,21,23). The average Bonchev–Trinajstić information content (AvgIpc) is 3.04. The van der Waals surface area contributed by atoms with Gasteiger partial charge in [-0.05, 0) is 38.2 Å². The first-order valence-electron chi connectivity index (χ1n) is 8.76. The van der Waals surface area contributed by atoms with Crippen LogP contribution in [0.1, 0.15) is 45.4 Å². The summed E-state index contributed by atoms with van der Waals surface area (Å²) in [6.07, 6.45) is 6.43. The fourth-order valence-electron chi connectivity index (χ4n) is 3.64. The van der Waals surface area contributed by atoms with Crippen LogP contribution in [0.4, 0.5) is 0 Å². The van der Waals surface area contributed by atoms with Gasteiger partial charge in [-0.15, -0.1) is 5.10 Å². The summed E-state index contributed by atoms with van der Waals surface area (Å²) in [5.74, 6) is 0.914. The van der Waals surface area contributed by atoms with Crippen molar-refractivity contribution in [2.75, 3.05) is 5.75 Å². The van der Waals surface area contributed by atoms with Crippen molar-refractivity contribution in [3.05, 3.63) is 34.8 Å². The number of thioether (sulfide) groups is 1. The molecule has 1 spiro atoms. The minimum atomic E-state index is -0.377. The van der Waals surface area contributed by atoms with Gasteiger partial charge in [0.1, 0.15) is 5.70 Å². The summed E-state index contributed by atoms with van der Waals surface area (Å²) in [4.78, 5) is 17.9. The summed E-state index contributed by atoms with van der Waals surface area (Å²) >= 11 is 1.63. The molecule has 126 valence electrons. The third kappa shape index (κ3) is 2.53. The number of benzene rings is 1. The van der Waals surface area contributed by atoms with Gasteiger partial charge in [-0.3, -0.25) is 15.1 Å². The third-order valence-electron chi connectivity index (χ3n) is 4.86. The van der Waals surface area contributed by atoms with Crippen LogP contribution >= 0.6 is 11.8 Å². The first kappa shape index (κ1) is 15.7. The first-order chi connectivity index (χ1) is 11.7. The largest absolute Gasteiger partial charge is 0.298 e. The summed E-state index contributed by atoms with van der Waals surface area (Å²) < 4.78 is 0. The van der Waals surface area contributed by atoms with Crippen LogP contribution < -0.4 is 15.9 Å². The van der Waals surface area contributed by atoms with Gasteiger partial charge >= 0.3 is 0 Å². The van der Waals surface area contributed by atoms with Gasteiger partial charge in [-0.2, -0.15) is 0 Å². The Morgan fingerprint density at radius 2 is 2.08 bits per heavy atom. The van der Waals surface area contributed by atoms with Crippen LogP contribution in [0.25, 0.3) is 5.70 Å². The van der Waals surface area contributed by atoms with Crippen molar-refractivity contribution in [3.8, 4) is 0 Å². The molecule has 3 aliphatic rings. The molecule has 1 aromatic carbocycles. The third-order valence-corrected chi connectivity index (χ3v) is 5.81. The number of hydrogen-bond acceptors (Lipinski definition) is 5. The van der Waals surface area contributed by atoms with Crippen molar-refractivity contribution < 1.29 is 4.79 Å². The van der Waals surface area contributed by atoms with E-state index in [1.807, 2.05) is 29.3 Å². The Morgan fingerprint density at radius 3 is 2.88 bits per heavy atom. The molecule has 1 aromatic rings. The lowest BCUT2D eigenvalue weighted by molar-refractivity contribution is -0.116. The van der Waals surface area contributed by atoms with Gasteiger partial charge in [0, 0.05) is 11.0 Å². The second-order valence-corrected chi connectivity index (χ2v) is 7.62. The number of amides is 1. The first-order valence-corrected chi connectivity index (χ1v) is 9.74. The second-order valence-electron chi connectivity index (χ2n) is 6.54. The van der Waals surface area contributed by atoms with E-state index in [9.17, 15) is 4.79 Å². The molecule has 2 aliphatic heterocycles. The molecule has 0 aromatic heterocycles. The highest BCUT2D eigenvalue weighted by Crippen LogP contribution is 2.40. The summed E-state index contributed by atoms with van der Waals surface area (Å²) in [6, 6.07) is 7.90. The predicted molar refractivity (Wildman–Crippen MR) is 96.6 cm³/mol. The molecule has 1 aliphatic carbocycles. The van der Waals surface area contributed by atoms with Crippen LogP contribution in [0.3, 0.4) is 0 Å². The minimum Gasteiger partial charge on any atom is -0.298 e. The Kier molecular flexibility index (Phi) is 4.08.